The second-order valence-electron chi connectivity index (χ2n) is 19.2. The highest BCUT2D eigenvalue weighted by atomic mass is 16.7. The van der Waals surface area contributed by atoms with Crippen LogP contribution < -0.4 is 0 Å². The number of rotatable bonds is 5. The first kappa shape index (κ1) is 39.8. The van der Waals surface area contributed by atoms with Crippen molar-refractivity contribution in [1.82, 2.24) is 0 Å². The summed E-state index contributed by atoms with van der Waals surface area (Å²) in [6.07, 6.45) is -1.46. The lowest BCUT2D eigenvalue weighted by molar-refractivity contribution is -0.302. The van der Waals surface area contributed by atoms with Gasteiger partial charge in [-0.3, -0.25) is 4.79 Å². The summed E-state index contributed by atoms with van der Waals surface area (Å²) < 4.78 is 23.7. The smallest absolute Gasteiger partial charge is 0.315 e. The first-order valence-corrected chi connectivity index (χ1v) is 20.0. The lowest BCUT2D eigenvalue weighted by atomic mass is 9.35. The fraction of sp³-hybridized carbons (Fsp3) is 0.878. The van der Waals surface area contributed by atoms with Crippen molar-refractivity contribution in [2.45, 2.75) is 161 Å². The molecule has 0 amide bonds. The summed E-state index contributed by atoms with van der Waals surface area (Å²) in [7, 11) is 0. The molecular formula is C41H64O12. The molecule has 0 spiro atoms. The van der Waals surface area contributed by atoms with Gasteiger partial charge < -0.3 is 54.7 Å². The topological polar surface area (TPSA) is 196 Å². The molecule has 0 aromatic rings. The molecule has 2 saturated heterocycles. The number of carbonyl (C=O) groups is 1. The largest absolute Gasteiger partial charge is 0.432 e. The van der Waals surface area contributed by atoms with Crippen molar-refractivity contribution in [2.75, 3.05) is 13.2 Å². The van der Waals surface area contributed by atoms with Gasteiger partial charge in [-0.05, 0) is 96.7 Å². The third-order valence-corrected chi connectivity index (χ3v) is 16.6. The van der Waals surface area contributed by atoms with E-state index < -0.39 is 73.3 Å². The van der Waals surface area contributed by atoms with Crippen molar-refractivity contribution in [1.29, 1.82) is 0 Å². The highest BCUT2D eigenvalue weighted by Gasteiger charge is 2.68. The average molecular weight is 749 g/mol. The predicted octanol–water partition coefficient (Wildman–Crippen LogP) is 2.73. The van der Waals surface area contributed by atoms with Crippen LogP contribution in [0.5, 0.6) is 0 Å². The lowest BCUT2D eigenvalue weighted by Gasteiger charge is -2.69. The number of hydrogen-bond acceptors (Lipinski definition) is 12. The maximum absolute atomic E-state index is 14.6. The quantitative estimate of drug-likeness (QED) is 0.161. The molecule has 300 valence electrons. The summed E-state index contributed by atoms with van der Waals surface area (Å²) in [5, 5.41) is 72.3. The number of carbonyl (C=O) groups excluding carboxylic acids is 1. The molecule has 2 aliphatic heterocycles. The minimum atomic E-state index is -1.65. The van der Waals surface area contributed by atoms with Crippen LogP contribution in [-0.2, 0) is 23.7 Å². The standard InChI is InChI=1S/C41H64O12/c1-20-10-15-41(36(49)53-35-33(48)31(46)30(45)24(18-42)51-35)17-16-39(6)22(28(41)21(20)2)8-9-26-38(5)13-12-27(37(3,4)25(38)11-14-40(26,39)7)52-34-32(47)29(44)23(43)19-50-34/h8-9,20-21,23-25,27-35,42-48H,10-19H2,1-7H3. The van der Waals surface area contributed by atoms with Crippen LogP contribution in [0.1, 0.15) is 99.8 Å². The van der Waals surface area contributed by atoms with Crippen LogP contribution in [0.15, 0.2) is 23.3 Å². The fourth-order valence-corrected chi connectivity index (χ4v) is 12.8. The van der Waals surface area contributed by atoms with E-state index in [1.54, 1.807) is 0 Å². The highest BCUT2D eigenvalue weighted by Crippen LogP contribution is 2.75. The molecule has 7 N–H and O–H groups in total. The minimum Gasteiger partial charge on any atom is -0.432 e. The van der Waals surface area contributed by atoms with E-state index in [0.717, 1.165) is 38.5 Å². The van der Waals surface area contributed by atoms with E-state index in [1.807, 2.05) is 0 Å². The Morgan fingerprint density at radius 2 is 1.49 bits per heavy atom. The highest BCUT2D eigenvalue weighted by molar-refractivity contribution is 5.79. The minimum absolute atomic E-state index is 0.0964. The number of esters is 1. The maximum Gasteiger partial charge on any atom is 0.315 e. The Balaban J connectivity index is 1.20. The van der Waals surface area contributed by atoms with E-state index in [9.17, 15) is 40.5 Å². The number of hydrogen-bond donors (Lipinski definition) is 7. The van der Waals surface area contributed by atoms with Gasteiger partial charge in [-0.1, -0.05) is 71.8 Å². The van der Waals surface area contributed by atoms with Crippen molar-refractivity contribution in [3.8, 4) is 0 Å². The molecule has 18 atom stereocenters. The zero-order valence-corrected chi connectivity index (χ0v) is 32.5. The Labute approximate surface area is 313 Å². The fourth-order valence-electron chi connectivity index (χ4n) is 12.8. The number of allylic oxidation sites excluding steroid dienone is 4. The molecule has 5 aliphatic carbocycles. The number of aliphatic hydroxyl groups excluding tert-OH is 7. The molecule has 4 saturated carbocycles. The Morgan fingerprint density at radius 1 is 0.792 bits per heavy atom. The molecule has 0 bridgehead atoms. The molecule has 6 fully saturated rings. The van der Waals surface area contributed by atoms with Gasteiger partial charge in [0.2, 0.25) is 6.29 Å². The molecule has 18 unspecified atom stereocenters. The first-order chi connectivity index (χ1) is 24.8. The van der Waals surface area contributed by atoms with Crippen LogP contribution in [-0.4, -0.2) is 116 Å². The van der Waals surface area contributed by atoms with Gasteiger partial charge in [0, 0.05) is 0 Å². The number of fused-ring (bicyclic) bond motifs is 7. The van der Waals surface area contributed by atoms with Crippen molar-refractivity contribution >= 4 is 5.97 Å². The van der Waals surface area contributed by atoms with Crippen LogP contribution in [0, 0.1) is 50.7 Å². The molecule has 12 nitrogen and oxygen atoms in total. The number of ether oxygens (including phenoxy) is 4. The zero-order chi connectivity index (χ0) is 38.6. The zero-order valence-electron chi connectivity index (χ0n) is 32.5. The van der Waals surface area contributed by atoms with E-state index in [-0.39, 0.29) is 52.1 Å². The van der Waals surface area contributed by atoms with E-state index in [0.29, 0.717) is 18.8 Å². The molecule has 7 rings (SSSR count). The summed E-state index contributed by atoms with van der Waals surface area (Å²) in [4.78, 5) is 14.6. The van der Waals surface area contributed by atoms with E-state index >= 15 is 0 Å². The normalized spacial score (nSPS) is 53.5. The molecule has 7 aliphatic rings. The van der Waals surface area contributed by atoms with Crippen molar-refractivity contribution in [2.24, 2.45) is 50.7 Å². The van der Waals surface area contributed by atoms with Crippen LogP contribution in [0.3, 0.4) is 0 Å². The second-order valence-corrected chi connectivity index (χ2v) is 19.2. The van der Waals surface area contributed by atoms with Crippen LogP contribution in [0.25, 0.3) is 0 Å². The Bertz CT molecular complexity index is 1480. The SMILES string of the molecule is CC1CCC2(C(=O)OC3OC(CO)C(O)C(O)C3O)CCC3(C)C(=CC=C4C5(C)CCC(OC6OCC(O)C(O)C6O)C(C)(C)C5CCC43C)C2C1C. The summed E-state index contributed by atoms with van der Waals surface area (Å²) in [5.74, 6) is 0.242. The Morgan fingerprint density at radius 3 is 2.19 bits per heavy atom. The van der Waals surface area contributed by atoms with Gasteiger partial charge in [0.25, 0.3) is 0 Å². The van der Waals surface area contributed by atoms with Crippen LogP contribution in [0.4, 0.5) is 0 Å². The van der Waals surface area contributed by atoms with Gasteiger partial charge in [0.1, 0.15) is 42.7 Å². The third-order valence-electron chi connectivity index (χ3n) is 16.6. The summed E-state index contributed by atoms with van der Waals surface area (Å²) in [5.41, 5.74) is 1.04. The van der Waals surface area contributed by atoms with E-state index in [2.05, 4.69) is 60.6 Å². The monoisotopic (exact) mass is 748 g/mol. The molecule has 0 aromatic heterocycles. The van der Waals surface area contributed by atoms with E-state index in [1.165, 1.54) is 11.1 Å². The van der Waals surface area contributed by atoms with Gasteiger partial charge in [0.05, 0.1) is 24.7 Å². The predicted molar refractivity (Wildman–Crippen MR) is 191 cm³/mol. The lowest BCUT2D eigenvalue weighted by Crippen LogP contribution is -2.64. The molecule has 12 heteroatoms. The second kappa shape index (κ2) is 13.6. The van der Waals surface area contributed by atoms with Crippen molar-refractivity contribution < 1.29 is 59.5 Å². The van der Waals surface area contributed by atoms with Crippen molar-refractivity contribution in [3.05, 3.63) is 23.3 Å². The van der Waals surface area contributed by atoms with E-state index in [4.69, 9.17) is 18.9 Å². The summed E-state index contributed by atoms with van der Waals surface area (Å²) >= 11 is 0. The third kappa shape index (κ3) is 5.70. The van der Waals surface area contributed by atoms with Crippen LogP contribution in [0.2, 0.25) is 0 Å². The Hall–Kier alpha value is -1.45. The Kier molecular flexibility index (Phi) is 10.2. The summed E-state index contributed by atoms with van der Waals surface area (Å²) in [6.45, 7) is 15.5. The average Bonchev–Trinajstić information content (AvgIpc) is 3.11. The maximum atomic E-state index is 14.6. The molecule has 0 radical (unpaired) electrons. The molecule has 53 heavy (non-hydrogen) atoms. The van der Waals surface area contributed by atoms with Gasteiger partial charge in [0.15, 0.2) is 6.29 Å². The van der Waals surface area contributed by atoms with Crippen molar-refractivity contribution in [3.63, 3.8) is 0 Å². The van der Waals surface area contributed by atoms with Crippen LogP contribution >= 0.6 is 0 Å². The molecule has 0 aromatic carbocycles. The summed E-state index contributed by atoms with van der Waals surface area (Å²) in [6, 6.07) is 0. The van der Waals surface area contributed by atoms with Gasteiger partial charge in [-0.25, -0.2) is 0 Å². The van der Waals surface area contributed by atoms with Gasteiger partial charge in [-0.15, -0.1) is 0 Å². The molecular weight excluding hydrogens is 684 g/mol. The number of aliphatic hydroxyl groups is 7. The first-order valence-electron chi connectivity index (χ1n) is 20.0. The molecule has 2 heterocycles. The van der Waals surface area contributed by atoms with Gasteiger partial charge >= 0.3 is 5.97 Å². The van der Waals surface area contributed by atoms with Gasteiger partial charge in [-0.2, -0.15) is 0 Å².